The number of benzene rings is 2. The van der Waals surface area contributed by atoms with Gasteiger partial charge in [-0.1, -0.05) is 43.3 Å². The Bertz CT molecular complexity index is 595. The van der Waals surface area contributed by atoms with Crippen LogP contribution in [0.15, 0.2) is 60.7 Å². The number of aliphatic hydroxyl groups is 2. The van der Waals surface area contributed by atoms with Gasteiger partial charge in [0.05, 0.1) is 23.3 Å². The van der Waals surface area contributed by atoms with Crippen LogP contribution in [0.2, 0.25) is 0 Å². The Kier molecular flexibility index (Phi) is 12.1. The van der Waals surface area contributed by atoms with Gasteiger partial charge in [0.1, 0.15) is 0 Å². The van der Waals surface area contributed by atoms with Gasteiger partial charge in [-0.3, -0.25) is 0 Å². The van der Waals surface area contributed by atoms with Crippen LogP contribution < -0.4 is 0 Å². The van der Waals surface area contributed by atoms with Crippen molar-refractivity contribution in [2.75, 3.05) is 0 Å². The highest BCUT2D eigenvalue weighted by Gasteiger charge is 2.17. The largest absolute Gasteiger partial charge is 0.478 e. The zero-order valence-electron chi connectivity index (χ0n) is 15.8. The van der Waals surface area contributed by atoms with Gasteiger partial charge in [-0.15, -0.1) is 0 Å². The average molecular weight is 376 g/mol. The third kappa shape index (κ3) is 10.8. The van der Waals surface area contributed by atoms with Crippen molar-refractivity contribution in [2.24, 2.45) is 5.92 Å². The van der Waals surface area contributed by atoms with E-state index in [1.165, 1.54) is 0 Å². The van der Waals surface area contributed by atoms with Gasteiger partial charge in [0.25, 0.3) is 0 Å². The van der Waals surface area contributed by atoms with Crippen molar-refractivity contribution in [3.05, 3.63) is 71.8 Å². The fraction of sp³-hybridized carbons (Fsp3) is 0.333. The van der Waals surface area contributed by atoms with Crippen LogP contribution in [-0.2, 0) is 0 Å². The number of hydrogen-bond donors (Lipinski definition) is 4. The van der Waals surface area contributed by atoms with Crippen molar-refractivity contribution in [2.45, 2.75) is 39.4 Å². The zero-order chi connectivity index (χ0) is 20.8. The number of carboxylic acid groups (broad SMARTS) is 2. The first kappa shape index (κ1) is 24.3. The van der Waals surface area contributed by atoms with Gasteiger partial charge >= 0.3 is 11.9 Å². The molecule has 2 aromatic carbocycles. The molecule has 6 nitrogen and oxygen atoms in total. The van der Waals surface area contributed by atoms with E-state index in [4.69, 9.17) is 20.4 Å². The van der Waals surface area contributed by atoms with Crippen LogP contribution in [0.1, 0.15) is 47.9 Å². The van der Waals surface area contributed by atoms with Crippen molar-refractivity contribution >= 4 is 11.9 Å². The molecule has 0 saturated heterocycles. The molecule has 148 valence electrons. The molecule has 0 bridgehead atoms. The molecule has 0 aliphatic carbocycles. The average Bonchev–Trinajstić information content (AvgIpc) is 2.64. The van der Waals surface area contributed by atoms with Gasteiger partial charge in [-0.2, -0.15) is 0 Å². The lowest BCUT2D eigenvalue weighted by Crippen LogP contribution is -2.26. The minimum Gasteiger partial charge on any atom is -0.478 e. The molecule has 27 heavy (non-hydrogen) atoms. The highest BCUT2D eigenvalue weighted by atomic mass is 16.4. The van der Waals surface area contributed by atoms with Crippen LogP contribution in [0.5, 0.6) is 0 Å². The van der Waals surface area contributed by atoms with Gasteiger partial charge in [0.2, 0.25) is 0 Å². The first-order chi connectivity index (χ1) is 12.7. The summed E-state index contributed by atoms with van der Waals surface area (Å²) in [5, 5.41) is 34.8. The Hall–Kier alpha value is -2.70. The maximum absolute atomic E-state index is 10.2. The topological polar surface area (TPSA) is 115 Å². The molecule has 4 N–H and O–H groups in total. The summed E-state index contributed by atoms with van der Waals surface area (Å²) in [6.45, 7) is 5.38. The molecule has 2 unspecified atom stereocenters. The lowest BCUT2D eigenvalue weighted by atomic mass is 9.95. The predicted octanol–water partition coefficient (Wildman–Crippen LogP) is 3.54. The summed E-state index contributed by atoms with van der Waals surface area (Å²) in [5.41, 5.74) is 0.662. The number of aromatic carboxylic acids is 2. The quantitative estimate of drug-likeness (QED) is 0.634. The van der Waals surface area contributed by atoms with E-state index in [0.717, 1.165) is 6.42 Å². The van der Waals surface area contributed by atoms with Gasteiger partial charge in [0, 0.05) is 5.92 Å². The lowest BCUT2D eigenvalue weighted by molar-refractivity contribution is 0.0299. The Morgan fingerprint density at radius 1 is 0.741 bits per heavy atom. The Balaban J connectivity index is 0.000000376. The molecule has 0 amide bonds. The Labute approximate surface area is 159 Å². The summed E-state index contributed by atoms with van der Waals surface area (Å²) in [4.78, 5) is 20.4. The maximum Gasteiger partial charge on any atom is 0.335 e. The minimum absolute atomic E-state index is 0.0324. The molecular weight excluding hydrogens is 348 g/mol. The molecule has 0 fully saturated rings. The van der Waals surface area contributed by atoms with E-state index in [1.807, 2.05) is 6.92 Å². The molecule has 0 heterocycles. The van der Waals surface area contributed by atoms with Crippen molar-refractivity contribution in [3.8, 4) is 0 Å². The van der Waals surface area contributed by atoms with Crippen molar-refractivity contribution in [1.82, 2.24) is 0 Å². The second-order valence-electron chi connectivity index (χ2n) is 5.90. The van der Waals surface area contributed by atoms with Crippen molar-refractivity contribution in [1.29, 1.82) is 0 Å². The highest BCUT2D eigenvalue weighted by Crippen LogP contribution is 2.12. The van der Waals surface area contributed by atoms with Crippen molar-refractivity contribution in [3.63, 3.8) is 0 Å². The van der Waals surface area contributed by atoms with Crippen LogP contribution in [0.4, 0.5) is 0 Å². The summed E-state index contributed by atoms with van der Waals surface area (Å²) in [7, 11) is 0. The maximum atomic E-state index is 10.2. The molecule has 2 rings (SSSR count). The molecule has 2 aromatic rings. The molecule has 0 aliphatic rings. The summed E-state index contributed by atoms with van der Waals surface area (Å²) < 4.78 is 0. The zero-order valence-corrected chi connectivity index (χ0v) is 15.8. The summed E-state index contributed by atoms with van der Waals surface area (Å²) >= 11 is 0. The number of rotatable bonds is 5. The summed E-state index contributed by atoms with van der Waals surface area (Å²) in [5.74, 6) is -1.73. The third-order valence-corrected chi connectivity index (χ3v) is 3.75. The molecule has 0 saturated carbocycles. The van der Waals surface area contributed by atoms with E-state index >= 15 is 0 Å². The van der Waals surface area contributed by atoms with E-state index in [9.17, 15) is 9.59 Å². The highest BCUT2D eigenvalue weighted by molar-refractivity contribution is 5.87. The number of hydrogen-bond acceptors (Lipinski definition) is 4. The van der Waals surface area contributed by atoms with Crippen LogP contribution in [0.3, 0.4) is 0 Å². The van der Waals surface area contributed by atoms with Crippen LogP contribution in [0, 0.1) is 5.92 Å². The lowest BCUT2D eigenvalue weighted by Gasteiger charge is -2.20. The van der Waals surface area contributed by atoms with E-state index < -0.39 is 24.1 Å². The standard InChI is InChI=1S/2C7H6O2.C7H16O2/c2*8-7(9)6-4-2-1-3-5-6;1-4-7(5(2)8)6(3)9/h2*1-5H,(H,8,9);5-9H,4H2,1-3H3. The fourth-order valence-electron chi connectivity index (χ4n) is 2.25. The van der Waals surface area contributed by atoms with Crippen molar-refractivity contribution < 1.29 is 30.0 Å². The van der Waals surface area contributed by atoms with Crippen LogP contribution >= 0.6 is 0 Å². The summed E-state index contributed by atoms with van der Waals surface area (Å²) in [6.07, 6.45) is 0.0417. The van der Waals surface area contributed by atoms with E-state index in [-0.39, 0.29) is 5.92 Å². The molecule has 0 aliphatic heterocycles. The molecule has 0 aromatic heterocycles. The number of carboxylic acids is 2. The second-order valence-corrected chi connectivity index (χ2v) is 5.90. The Morgan fingerprint density at radius 2 is 1.04 bits per heavy atom. The molecule has 2 atom stereocenters. The number of carbonyl (C=O) groups is 2. The fourth-order valence-corrected chi connectivity index (χ4v) is 2.25. The molecular formula is C21H28O6. The third-order valence-electron chi connectivity index (χ3n) is 3.75. The van der Waals surface area contributed by atoms with Gasteiger partial charge in [-0.05, 0) is 44.5 Å². The predicted molar refractivity (Wildman–Crippen MR) is 104 cm³/mol. The van der Waals surface area contributed by atoms with Gasteiger partial charge < -0.3 is 20.4 Å². The van der Waals surface area contributed by atoms with Gasteiger partial charge in [0.15, 0.2) is 0 Å². The second kappa shape index (κ2) is 13.5. The molecule has 0 radical (unpaired) electrons. The SMILES string of the molecule is CCC(C(C)O)C(C)O.O=C(O)c1ccccc1.O=C(O)c1ccccc1. The first-order valence-electron chi connectivity index (χ1n) is 8.63. The summed E-state index contributed by atoms with van der Waals surface area (Å²) in [6, 6.07) is 16.6. The first-order valence-corrected chi connectivity index (χ1v) is 8.63. The smallest absolute Gasteiger partial charge is 0.335 e. The minimum atomic E-state index is -0.879. The van der Waals surface area contributed by atoms with E-state index in [0.29, 0.717) is 11.1 Å². The van der Waals surface area contributed by atoms with E-state index in [2.05, 4.69) is 0 Å². The number of aliphatic hydroxyl groups excluding tert-OH is 2. The molecule has 0 spiro atoms. The Morgan fingerprint density at radius 3 is 1.15 bits per heavy atom. The molecule has 6 heteroatoms. The van der Waals surface area contributed by atoms with E-state index in [1.54, 1.807) is 74.5 Å². The van der Waals surface area contributed by atoms with Gasteiger partial charge in [-0.25, -0.2) is 9.59 Å². The van der Waals surface area contributed by atoms with Crippen LogP contribution in [-0.4, -0.2) is 44.6 Å². The monoisotopic (exact) mass is 376 g/mol. The van der Waals surface area contributed by atoms with Crippen LogP contribution in [0.25, 0.3) is 0 Å². The normalized spacial score (nSPS) is 12.9.